The maximum atomic E-state index is 13.4. The number of benzene rings is 2. The van der Waals surface area contributed by atoms with Gasteiger partial charge in [0, 0.05) is 18.3 Å². The molecule has 0 aliphatic heterocycles. The van der Waals surface area contributed by atoms with Gasteiger partial charge in [0.1, 0.15) is 5.76 Å². The zero-order valence-corrected chi connectivity index (χ0v) is 14.0. The van der Waals surface area contributed by atoms with E-state index in [0.717, 1.165) is 17.7 Å². The fourth-order valence-electron chi connectivity index (χ4n) is 2.53. The van der Waals surface area contributed by atoms with Crippen LogP contribution in [0.1, 0.15) is 11.3 Å². The Morgan fingerprint density at radius 3 is 2.50 bits per heavy atom. The molecule has 0 radical (unpaired) electrons. The lowest BCUT2D eigenvalue weighted by molar-refractivity contribution is 0.205. The summed E-state index contributed by atoms with van der Waals surface area (Å²) in [5, 5.41) is 2.60. The van der Waals surface area contributed by atoms with Crippen LogP contribution in [-0.4, -0.2) is 17.5 Å². The topological polar surface area (TPSA) is 45.5 Å². The Bertz CT molecular complexity index is 852. The number of hydrogen-bond acceptors (Lipinski definition) is 2. The second-order valence-corrected chi connectivity index (χ2v) is 5.80. The summed E-state index contributed by atoms with van der Waals surface area (Å²) >= 11 is 0. The average molecular weight is 356 g/mol. The molecule has 3 aromatic rings. The van der Waals surface area contributed by atoms with Gasteiger partial charge < -0.3 is 14.6 Å². The van der Waals surface area contributed by atoms with Gasteiger partial charge in [0.25, 0.3) is 0 Å². The zero-order valence-electron chi connectivity index (χ0n) is 14.0. The van der Waals surface area contributed by atoms with Crippen LogP contribution in [-0.2, 0) is 13.0 Å². The standard InChI is InChI=1S/C20H18F2N2O2/c21-18-9-8-16(13-19(18)22)23-20(25)24(14-17-7-4-12-26-17)11-10-15-5-2-1-3-6-15/h1-9,12-13H,10-11,14H2,(H,23,25). The Labute approximate surface area is 150 Å². The zero-order chi connectivity index (χ0) is 18.4. The second kappa shape index (κ2) is 8.29. The first-order valence-electron chi connectivity index (χ1n) is 8.19. The lowest BCUT2D eigenvalue weighted by atomic mass is 10.1. The van der Waals surface area contributed by atoms with E-state index in [1.54, 1.807) is 17.0 Å². The van der Waals surface area contributed by atoms with Crippen LogP contribution in [0.2, 0.25) is 0 Å². The van der Waals surface area contributed by atoms with E-state index in [2.05, 4.69) is 5.32 Å². The first-order valence-corrected chi connectivity index (χ1v) is 8.19. The van der Waals surface area contributed by atoms with Gasteiger partial charge in [0.05, 0.1) is 12.8 Å². The minimum absolute atomic E-state index is 0.193. The number of carbonyl (C=O) groups is 1. The Morgan fingerprint density at radius 1 is 1.00 bits per heavy atom. The Balaban J connectivity index is 1.70. The van der Waals surface area contributed by atoms with Gasteiger partial charge in [-0.1, -0.05) is 30.3 Å². The summed E-state index contributed by atoms with van der Waals surface area (Å²) in [7, 11) is 0. The maximum Gasteiger partial charge on any atom is 0.322 e. The number of carbonyl (C=O) groups excluding carboxylic acids is 1. The van der Waals surface area contributed by atoms with Crippen molar-refractivity contribution < 1.29 is 18.0 Å². The average Bonchev–Trinajstić information content (AvgIpc) is 3.15. The predicted molar refractivity (Wildman–Crippen MR) is 94.6 cm³/mol. The van der Waals surface area contributed by atoms with Crippen LogP contribution in [0.25, 0.3) is 0 Å². The van der Waals surface area contributed by atoms with Crippen molar-refractivity contribution in [2.45, 2.75) is 13.0 Å². The Hall–Kier alpha value is -3.15. The highest BCUT2D eigenvalue weighted by Gasteiger charge is 2.16. The minimum Gasteiger partial charge on any atom is -0.467 e. The highest BCUT2D eigenvalue weighted by Crippen LogP contribution is 2.15. The minimum atomic E-state index is -1.01. The van der Waals surface area contributed by atoms with E-state index in [-0.39, 0.29) is 12.2 Å². The smallest absolute Gasteiger partial charge is 0.322 e. The van der Waals surface area contributed by atoms with Crippen molar-refractivity contribution in [1.82, 2.24) is 4.90 Å². The number of rotatable bonds is 6. The number of amides is 2. The molecule has 0 fully saturated rings. The summed E-state index contributed by atoms with van der Waals surface area (Å²) in [4.78, 5) is 14.2. The fraction of sp³-hybridized carbons (Fsp3) is 0.150. The van der Waals surface area contributed by atoms with Crippen LogP contribution < -0.4 is 5.32 Å². The second-order valence-electron chi connectivity index (χ2n) is 5.80. The van der Waals surface area contributed by atoms with E-state index in [1.807, 2.05) is 30.3 Å². The summed E-state index contributed by atoms with van der Waals surface area (Å²) < 4.78 is 31.7. The molecule has 0 spiro atoms. The van der Waals surface area contributed by atoms with E-state index < -0.39 is 17.7 Å². The van der Waals surface area contributed by atoms with Crippen molar-refractivity contribution in [3.63, 3.8) is 0 Å². The van der Waals surface area contributed by atoms with Crippen molar-refractivity contribution in [3.05, 3.63) is 89.9 Å². The molecular formula is C20H18F2N2O2. The molecule has 3 rings (SSSR count). The van der Waals surface area contributed by atoms with Crippen molar-refractivity contribution in [2.75, 3.05) is 11.9 Å². The van der Waals surface area contributed by atoms with Gasteiger partial charge in [0.2, 0.25) is 0 Å². The molecule has 0 saturated carbocycles. The third-order valence-corrected chi connectivity index (χ3v) is 3.90. The Kier molecular flexibility index (Phi) is 5.63. The lowest BCUT2D eigenvalue weighted by Crippen LogP contribution is -2.36. The normalized spacial score (nSPS) is 10.5. The molecule has 2 aromatic carbocycles. The maximum absolute atomic E-state index is 13.4. The number of anilines is 1. The van der Waals surface area contributed by atoms with Crippen LogP contribution >= 0.6 is 0 Å². The van der Waals surface area contributed by atoms with E-state index >= 15 is 0 Å². The van der Waals surface area contributed by atoms with Crippen LogP contribution in [0.5, 0.6) is 0 Å². The number of nitrogens with one attached hydrogen (secondary N) is 1. The quantitative estimate of drug-likeness (QED) is 0.687. The number of furan rings is 1. The molecule has 26 heavy (non-hydrogen) atoms. The molecule has 2 amide bonds. The molecule has 0 atom stereocenters. The number of hydrogen-bond donors (Lipinski definition) is 1. The van der Waals surface area contributed by atoms with Gasteiger partial charge in [-0.15, -0.1) is 0 Å². The SMILES string of the molecule is O=C(Nc1ccc(F)c(F)c1)N(CCc1ccccc1)Cc1ccco1. The van der Waals surface area contributed by atoms with Crippen LogP contribution in [0.4, 0.5) is 19.3 Å². The lowest BCUT2D eigenvalue weighted by Gasteiger charge is -2.22. The molecule has 0 bridgehead atoms. The van der Waals surface area contributed by atoms with Gasteiger partial charge in [0.15, 0.2) is 11.6 Å². The third-order valence-electron chi connectivity index (χ3n) is 3.90. The summed E-state index contributed by atoms with van der Waals surface area (Å²) in [6.07, 6.45) is 2.20. The first-order chi connectivity index (χ1) is 12.6. The summed E-state index contributed by atoms with van der Waals surface area (Å²) in [5.74, 6) is -1.33. The molecule has 0 aliphatic carbocycles. The highest BCUT2D eigenvalue weighted by molar-refractivity contribution is 5.89. The summed E-state index contributed by atoms with van der Waals surface area (Å²) in [6.45, 7) is 0.718. The summed E-state index contributed by atoms with van der Waals surface area (Å²) in [6, 6.07) is 16.1. The molecule has 0 aliphatic rings. The molecule has 1 aromatic heterocycles. The monoisotopic (exact) mass is 356 g/mol. The van der Waals surface area contributed by atoms with E-state index in [4.69, 9.17) is 4.42 Å². The molecule has 0 saturated heterocycles. The molecule has 1 N–H and O–H groups in total. The van der Waals surface area contributed by atoms with E-state index in [0.29, 0.717) is 18.7 Å². The van der Waals surface area contributed by atoms with Crippen molar-refractivity contribution >= 4 is 11.7 Å². The number of nitrogens with zero attached hydrogens (tertiary/aromatic N) is 1. The predicted octanol–water partition coefficient (Wildman–Crippen LogP) is 4.83. The van der Waals surface area contributed by atoms with Crippen molar-refractivity contribution in [3.8, 4) is 0 Å². The largest absolute Gasteiger partial charge is 0.467 e. The third kappa shape index (κ3) is 4.69. The molecule has 1 heterocycles. The van der Waals surface area contributed by atoms with Gasteiger partial charge in [-0.25, -0.2) is 13.6 Å². The molecule has 134 valence electrons. The first kappa shape index (κ1) is 17.7. The fourth-order valence-corrected chi connectivity index (χ4v) is 2.53. The van der Waals surface area contributed by atoms with Gasteiger partial charge in [-0.05, 0) is 36.2 Å². The Morgan fingerprint density at radius 2 is 1.81 bits per heavy atom. The molecule has 6 heteroatoms. The molecule has 0 unspecified atom stereocenters. The van der Waals surface area contributed by atoms with Crippen LogP contribution in [0, 0.1) is 11.6 Å². The van der Waals surface area contributed by atoms with Gasteiger partial charge >= 0.3 is 6.03 Å². The molecule has 4 nitrogen and oxygen atoms in total. The van der Waals surface area contributed by atoms with Crippen LogP contribution in [0.15, 0.2) is 71.3 Å². The number of halogens is 2. The van der Waals surface area contributed by atoms with Crippen molar-refractivity contribution in [2.24, 2.45) is 0 Å². The van der Waals surface area contributed by atoms with E-state index in [1.165, 1.54) is 12.3 Å². The highest BCUT2D eigenvalue weighted by atomic mass is 19.2. The number of urea groups is 1. The molecular weight excluding hydrogens is 338 g/mol. The van der Waals surface area contributed by atoms with Crippen LogP contribution in [0.3, 0.4) is 0 Å². The van der Waals surface area contributed by atoms with E-state index in [9.17, 15) is 13.6 Å². The van der Waals surface area contributed by atoms with Gasteiger partial charge in [-0.2, -0.15) is 0 Å². The van der Waals surface area contributed by atoms with Crippen molar-refractivity contribution in [1.29, 1.82) is 0 Å². The summed E-state index contributed by atoms with van der Waals surface area (Å²) in [5.41, 5.74) is 1.29. The van der Waals surface area contributed by atoms with Gasteiger partial charge in [-0.3, -0.25) is 0 Å².